The van der Waals surface area contributed by atoms with Gasteiger partial charge >= 0.3 is 0 Å². The Labute approximate surface area is 131 Å². The second-order valence-electron chi connectivity index (χ2n) is 5.25. The number of aliphatic hydroxyl groups excluding tert-OH is 1. The van der Waals surface area contributed by atoms with E-state index in [2.05, 4.69) is 16.0 Å². The van der Waals surface area contributed by atoms with Crippen molar-refractivity contribution in [3.63, 3.8) is 0 Å². The van der Waals surface area contributed by atoms with Crippen LogP contribution in [0.4, 0.5) is 0 Å². The molecule has 2 atom stereocenters. The molecule has 0 bridgehead atoms. The molecule has 1 N–H and O–H groups in total. The Morgan fingerprint density at radius 1 is 1.18 bits per heavy atom. The summed E-state index contributed by atoms with van der Waals surface area (Å²) >= 11 is 1.61. The summed E-state index contributed by atoms with van der Waals surface area (Å²) < 4.78 is 7.36. The normalized spacial score (nSPS) is 21.3. The molecule has 0 spiro atoms. The molecule has 0 radical (unpaired) electrons. The average Bonchev–Trinajstić information content (AvgIpc) is 3.28. The van der Waals surface area contributed by atoms with Gasteiger partial charge < -0.3 is 14.4 Å². The van der Waals surface area contributed by atoms with Crippen molar-refractivity contribution in [2.45, 2.75) is 12.1 Å². The molecular formula is C16H15N3O2S. The standard InChI is InChI=1S/C16H15N3O2S/c20-14-10-21-9-13(14)19-6-4-17-15(19)11-2-1-3-12(8-11)16-18-5-7-22-16/h1-8,13-14,20H,9-10H2/t13-,14-/m0/s1. The first-order valence-electron chi connectivity index (χ1n) is 7.12. The number of hydrogen-bond donors (Lipinski definition) is 1. The van der Waals surface area contributed by atoms with Gasteiger partial charge in [0.05, 0.1) is 19.3 Å². The van der Waals surface area contributed by atoms with Crippen LogP contribution in [0.15, 0.2) is 48.2 Å². The van der Waals surface area contributed by atoms with Crippen molar-refractivity contribution in [1.82, 2.24) is 14.5 Å². The average molecular weight is 313 g/mol. The zero-order valence-electron chi connectivity index (χ0n) is 11.8. The summed E-state index contributed by atoms with van der Waals surface area (Å²) in [4.78, 5) is 8.82. The number of ether oxygens (including phenoxy) is 1. The highest BCUT2D eigenvalue weighted by molar-refractivity contribution is 7.13. The molecule has 5 nitrogen and oxygen atoms in total. The quantitative estimate of drug-likeness (QED) is 0.807. The molecule has 1 aromatic carbocycles. The van der Waals surface area contributed by atoms with Gasteiger partial charge in [0.2, 0.25) is 0 Å². The lowest BCUT2D eigenvalue weighted by Crippen LogP contribution is -2.22. The number of aliphatic hydroxyl groups is 1. The van der Waals surface area contributed by atoms with Gasteiger partial charge in [0, 0.05) is 35.1 Å². The van der Waals surface area contributed by atoms with Crippen molar-refractivity contribution in [2.24, 2.45) is 0 Å². The fourth-order valence-corrected chi connectivity index (χ4v) is 3.39. The Kier molecular flexibility index (Phi) is 3.49. The Hall–Kier alpha value is -2.02. The minimum absolute atomic E-state index is 0.0824. The fraction of sp³-hybridized carbons (Fsp3) is 0.250. The Balaban J connectivity index is 1.74. The topological polar surface area (TPSA) is 60.2 Å². The largest absolute Gasteiger partial charge is 0.388 e. The van der Waals surface area contributed by atoms with E-state index in [-0.39, 0.29) is 6.04 Å². The zero-order valence-corrected chi connectivity index (χ0v) is 12.6. The molecule has 22 heavy (non-hydrogen) atoms. The summed E-state index contributed by atoms with van der Waals surface area (Å²) in [5.74, 6) is 0.841. The second kappa shape index (κ2) is 5.64. The highest BCUT2D eigenvalue weighted by atomic mass is 32.1. The number of imidazole rings is 1. The third-order valence-electron chi connectivity index (χ3n) is 3.85. The molecule has 6 heteroatoms. The predicted octanol–water partition coefficient (Wildman–Crippen LogP) is 2.61. The predicted molar refractivity (Wildman–Crippen MR) is 84.6 cm³/mol. The molecule has 1 fully saturated rings. The lowest BCUT2D eigenvalue weighted by molar-refractivity contribution is 0.119. The summed E-state index contributed by atoms with van der Waals surface area (Å²) in [5.41, 5.74) is 2.09. The van der Waals surface area contributed by atoms with Crippen molar-refractivity contribution < 1.29 is 9.84 Å². The number of rotatable bonds is 3. The van der Waals surface area contributed by atoms with Crippen LogP contribution in [0.3, 0.4) is 0 Å². The van der Waals surface area contributed by atoms with Crippen LogP contribution in [0.1, 0.15) is 6.04 Å². The van der Waals surface area contributed by atoms with Crippen molar-refractivity contribution in [1.29, 1.82) is 0 Å². The highest BCUT2D eigenvalue weighted by Crippen LogP contribution is 2.30. The zero-order chi connectivity index (χ0) is 14.9. The maximum atomic E-state index is 10.1. The highest BCUT2D eigenvalue weighted by Gasteiger charge is 2.29. The van der Waals surface area contributed by atoms with E-state index in [1.807, 2.05) is 34.3 Å². The van der Waals surface area contributed by atoms with E-state index < -0.39 is 6.10 Å². The van der Waals surface area contributed by atoms with Gasteiger partial charge in [-0.05, 0) is 6.07 Å². The molecule has 0 saturated carbocycles. The van der Waals surface area contributed by atoms with Crippen LogP contribution in [-0.4, -0.2) is 39.0 Å². The van der Waals surface area contributed by atoms with Crippen LogP contribution in [-0.2, 0) is 4.74 Å². The second-order valence-corrected chi connectivity index (χ2v) is 6.14. The van der Waals surface area contributed by atoms with Crippen LogP contribution in [0.2, 0.25) is 0 Å². The maximum Gasteiger partial charge on any atom is 0.140 e. The first-order valence-corrected chi connectivity index (χ1v) is 8.00. The summed E-state index contributed by atoms with van der Waals surface area (Å²) in [6, 6.07) is 8.08. The SMILES string of the molecule is O[C@H]1COC[C@@H]1n1ccnc1-c1cccc(-c2nccs2)c1. The molecule has 0 amide bonds. The van der Waals surface area contributed by atoms with Crippen molar-refractivity contribution in [2.75, 3.05) is 13.2 Å². The van der Waals surface area contributed by atoms with Crippen LogP contribution in [0.25, 0.3) is 22.0 Å². The molecule has 0 aliphatic carbocycles. The summed E-state index contributed by atoms with van der Waals surface area (Å²) in [7, 11) is 0. The van der Waals surface area contributed by atoms with E-state index in [4.69, 9.17) is 4.74 Å². The van der Waals surface area contributed by atoms with E-state index >= 15 is 0 Å². The Morgan fingerprint density at radius 2 is 2.09 bits per heavy atom. The Morgan fingerprint density at radius 3 is 2.86 bits per heavy atom. The summed E-state index contributed by atoms with van der Waals surface area (Å²) in [6.45, 7) is 0.887. The molecule has 1 aliphatic heterocycles. The molecule has 3 aromatic rings. The number of benzene rings is 1. The minimum atomic E-state index is -0.491. The third-order valence-corrected chi connectivity index (χ3v) is 4.67. The Bertz CT molecular complexity index is 769. The molecule has 3 heterocycles. The molecule has 112 valence electrons. The van der Waals surface area contributed by atoms with Gasteiger partial charge in [-0.3, -0.25) is 0 Å². The number of aromatic nitrogens is 3. The van der Waals surface area contributed by atoms with Gasteiger partial charge in [-0.15, -0.1) is 11.3 Å². The summed E-state index contributed by atoms with van der Waals surface area (Å²) in [5, 5.41) is 13.0. The van der Waals surface area contributed by atoms with Crippen molar-refractivity contribution in [3.8, 4) is 22.0 Å². The van der Waals surface area contributed by atoms with Gasteiger partial charge in [0.25, 0.3) is 0 Å². The number of thiazole rings is 1. The lowest BCUT2D eigenvalue weighted by atomic mass is 10.1. The fourth-order valence-electron chi connectivity index (χ4n) is 2.76. The first kappa shape index (κ1) is 13.6. The van der Waals surface area contributed by atoms with Gasteiger partial charge in [0.1, 0.15) is 16.9 Å². The van der Waals surface area contributed by atoms with Crippen LogP contribution < -0.4 is 0 Å². The minimum Gasteiger partial charge on any atom is -0.388 e. The van der Waals surface area contributed by atoms with Crippen LogP contribution >= 0.6 is 11.3 Å². The van der Waals surface area contributed by atoms with Crippen molar-refractivity contribution in [3.05, 3.63) is 48.2 Å². The molecule has 0 unspecified atom stereocenters. The maximum absolute atomic E-state index is 10.1. The molecule has 1 aliphatic rings. The lowest BCUT2D eigenvalue weighted by Gasteiger charge is -2.17. The van der Waals surface area contributed by atoms with E-state index in [1.54, 1.807) is 23.7 Å². The van der Waals surface area contributed by atoms with Crippen molar-refractivity contribution >= 4 is 11.3 Å². The molecular weight excluding hydrogens is 298 g/mol. The number of nitrogens with zero attached hydrogens (tertiary/aromatic N) is 3. The van der Waals surface area contributed by atoms with E-state index in [0.29, 0.717) is 13.2 Å². The van der Waals surface area contributed by atoms with E-state index in [0.717, 1.165) is 22.0 Å². The number of hydrogen-bond acceptors (Lipinski definition) is 5. The first-order chi connectivity index (χ1) is 10.8. The van der Waals surface area contributed by atoms with Gasteiger partial charge in [0.15, 0.2) is 0 Å². The smallest absolute Gasteiger partial charge is 0.140 e. The van der Waals surface area contributed by atoms with Gasteiger partial charge in [-0.1, -0.05) is 18.2 Å². The van der Waals surface area contributed by atoms with E-state index in [9.17, 15) is 5.11 Å². The monoisotopic (exact) mass is 313 g/mol. The van der Waals surface area contributed by atoms with Crippen LogP contribution in [0.5, 0.6) is 0 Å². The molecule has 2 aromatic heterocycles. The third kappa shape index (κ3) is 2.35. The van der Waals surface area contributed by atoms with Crippen LogP contribution in [0, 0.1) is 0 Å². The molecule has 1 saturated heterocycles. The summed E-state index contributed by atoms with van der Waals surface area (Å²) in [6.07, 6.45) is 4.97. The van der Waals surface area contributed by atoms with Gasteiger partial charge in [-0.2, -0.15) is 0 Å². The molecule has 4 rings (SSSR count). The van der Waals surface area contributed by atoms with E-state index in [1.165, 1.54) is 0 Å². The van der Waals surface area contributed by atoms with Gasteiger partial charge in [-0.25, -0.2) is 9.97 Å².